The molecule has 0 saturated heterocycles. The van der Waals surface area contributed by atoms with Crippen LogP contribution in [0.25, 0.3) is 0 Å². The van der Waals surface area contributed by atoms with Crippen molar-refractivity contribution in [3.63, 3.8) is 0 Å². The molecule has 1 aliphatic carbocycles. The monoisotopic (exact) mass is 324 g/mol. The van der Waals surface area contributed by atoms with Crippen molar-refractivity contribution in [2.75, 3.05) is 5.32 Å². The molecule has 1 atom stereocenters. The van der Waals surface area contributed by atoms with Crippen molar-refractivity contribution >= 4 is 11.7 Å². The molecule has 1 aromatic carbocycles. The predicted molar refractivity (Wildman–Crippen MR) is 89.3 cm³/mol. The van der Waals surface area contributed by atoms with Gasteiger partial charge in [0, 0.05) is 11.7 Å². The van der Waals surface area contributed by atoms with Crippen molar-refractivity contribution in [3.8, 4) is 6.07 Å². The lowest BCUT2D eigenvalue weighted by molar-refractivity contribution is 0.248. The number of amides is 2. The normalized spacial score (nSPS) is 15.7. The Labute approximate surface area is 140 Å². The highest BCUT2D eigenvalue weighted by molar-refractivity contribution is 5.89. The molecule has 24 heavy (non-hydrogen) atoms. The zero-order chi connectivity index (χ0) is 16.9. The van der Waals surface area contributed by atoms with Crippen molar-refractivity contribution in [2.24, 2.45) is 0 Å². The van der Waals surface area contributed by atoms with E-state index < -0.39 is 0 Å². The van der Waals surface area contributed by atoms with E-state index in [1.807, 2.05) is 13.0 Å². The maximum atomic E-state index is 12.2. The maximum Gasteiger partial charge on any atom is 0.319 e. The van der Waals surface area contributed by atoms with Crippen LogP contribution >= 0.6 is 0 Å². The summed E-state index contributed by atoms with van der Waals surface area (Å²) in [6, 6.07) is 8.68. The van der Waals surface area contributed by atoms with E-state index in [0.29, 0.717) is 17.3 Å². The third-order valence-corrected chi connectivity index (χ3v) is 4.30. The summed E-state index contributed by atoms with van der Waals surface area (Å²) in [4.78, 5) is 12.2. The molecule has 7 nitrogen and oxygen atoms in total. The number of hydrogen-bond donors (Lipinski definition) is 2. The number of nitrogens with one attached hydrogen (secondary N) is 2. The molecule has 1 aliphatic rings. The lowest BCUT2D eigenvalue weighted by Gasteiger charge is -2.19. The Balaban J connectivity index is 1.64. The summed E-state index contributed by atoms with van der Waals surface area (Å²) >= 11 is 0. The van der Waals surface area contributed by atoms with Gasteiger partial charge in [-0.05, 0) is 38.0 Å². The first-order valence-electron chi connectivity index (χ1n) is 8.14. The molecule has 0 radical (unpaired) electrons. The molecule has 0 aliphatic heterocycles. The number of urea groups is 1. The van der Waals surface area contributed by atoms with Gasteiger partial charge in [-0.2, -0.15) is 5.26 Å². The summed E-state index contributed by atoms with van der Waals surface area (Å²) in [7, 11) is 0. The Kier molecular flexibility index (Phi) is 4.75. The lowest BCUT2D eigenvalue weighted by atomic mass is 10.2. The fourth-order valence-corrected chi connectivity index (χ4v) is 3.12. The lowest BCUT2D eigenvalue weighted by Crippen LogP contribution is -2.33. The third-order valence-electron chi connectivity index (χ3n) is 4.30. The van der Waals surface area contributed by atoms with E-state index in [0.717, 1.165) is 18.7 Å². The van der Waals surface area contributed by atoms with Crippen molar-refractivity contribution in [1.29, 1.82) is 5.26 Å². The van der Waals surface area contributed by atoms with Gasteiger partial charge in [-0.3, -0.25) is 0 Å². The predicted octanol–water partition coefficient (Wildman–Crippen LogP) is 3.15. The van der Waals surface area contributed by atoms with Crippen molar-refractivity contribution in [2.45, 2.75) is 44.7 Å². The first kappa shape index (κ1) is 16.0. The number of rotatable bonds is 4. The van der Waals surface area contributed by atoms with Crippen LogP contribution in [0.5, 0.6) is 0 Å². The highest BCUT2D eigenvalue weighted by atomic mass is 16.2. The van der Waals surface area contributed by atoms with Gasteiger partial charge in [0.05, 0.1) is 17.7 Å². The number of carbonyl (C=O) groups is 1. The van der Waals surface area contributed by atoms with E-state index in [1.54, 1.807) is 30.6 Å². The van der Waals surface area contributed by atoms with E-state index in [9.17, 15) is 4.79 Å². The minimum atomic E-state index is -0.335. The zero-order valence-corrected chi connectivity index (χ0v) is 13.6. The molecule has 1 heterocycles. The SMILES string of the molecule is C[C@@H](NC(=O)Nc1cccc(C#N)c1)c1nncn1C1CCCC1. The second kappa shape index (κ2) is 7.13. The molecule has 1 aromatic heterocycles. The highest BCUT2D eigenvalue weighted by Gasteiger charge is 2.23. The van der Waals surface area contributed by atoms with Gasteiger partial charge < -0.3 is 15.2 Å². The van der Waals surface area contributed by atoms with E-state index >= 15 is 0 Å². The van der Waals surface area contributed by atoms with Crippen molar-refractivity contribution < 1.29 is 4.79 Å². The van der Waals surface area contributed by atoms with Crippen LogP contribution < -0.4 is 10.6 Å². The van der Waals surface area contributed by atoms with Crippen LogP contribution in [0, 0.1) is 11.3 Å². The first-order valence-corrected chi connectivity index (χ1v) is 8.14. The molecule has 0 unspecified atom stereocenters. The molecule has 7 heteroatoms. The number of nitrogens with zero attached hydrogens (tertiary/aromatic N) is 4. The molecule has 3 rings (SSSR count). The van der Waals surface area contributed by atoms with E-state index in [2.05, 4.69) is 25.4 Å². The number of anilines is 1. The maximum absolute atomic E-state index is 12.2. The summed E-state index contributed by atoms with van der Waals surface area (Å²) in [5.41, 5.74) is 1.08. The van der Waals surface area contributed by atoms with Crippen LogP contribution in [0.3, 0.4) is 0 Å². The van der Waals surface area contributed by atoms with Crippen LogP contribution in [0.1, 0.15) is 56.1 Å². The topological polar surface area (TPSA) is 95.6 Å². The molecule has 0 spiro atoms. The second-order valence-electron chi connectivity index (χ2n) is 6.05. The number of hydrogen-bond acceptors (Lipinski definition) is 4. The quantitative estimate of drug-likeness (QED) is 0.903. The number of aromatic nitrogens is 3. The molecule has 2 N–H and O–H groups in total. The number of nitriles is 1. The van der Waals surface area contributed by atoms with Gasteiger partial charge >= 0.3 is 6.03 Å². The molecular formula is C17H20N6O. The Morgan fingerprint density at radius 1 is 1.42 bits per heavy atom. The largest absolute Gasteiger partial charge is 0.328 e. The summed E-state index contributed by atoms with van der Waals surface area (Å²) in [5, 5.41) is 22.7. The van der Waals surface area contributed by atoms with Crippen LogP contribution in [0.15, 0.2) is 30.6 Å². The second-order valence-corrected chi connectivity index (χ2v) is 6.05. The molecule has 124 valence electrons. The van der Waals surface area contributed by atoms with Gasteiger partial charge in [0.25, 0.3) is 0 Å². The first-order chi connectivity index (χ1) is 11.7. The minimum absolute atomic E-state index is 0.257. The molecule has 1 saturated carbocycles. The van der Waals surface area contributed by atoms with Gasteiger partial charge in [0.2, 0.25) is 0 Å². The van der Waals surface area contributed by atoms with Crippen molar-refractivity contribution in [3.05, 3.63) is 42.0 Å². The Morgan fingerprint density at radius 2 is 2.21 bits per heavy atom. The van der Waals surface area contributed by atoms with Crippen LogP contribution in [0.4, 0.5) is 10.5 Å². The molecule has 0 bridgehead atoms. The van der Waals surface area contributed by atoms with E-state index in [1.165, 1.54) is 12.8 Å². The minimum Gasteiger partial charge on any atom is -0.328 e. The smallest absolute Gasteiger partial charge is 0.319 e. The van der Waals surface area contributed by atoms with Gasteiger partial charge in [-0.15, -0.1) is 10.2 Å². The Morgan fingerprint density at radius 3 is 2.96 bits per heavy atom. The van der Waals surface area contributed by atoms with Crippen LogP contribution in [0.2, 0.25) is 0 Å². The van der Waals surface area contributed by atoms with Gasteiger partial charge in [0.1, 0.15) is 6.33 Å². The van der Waals surface area contributed by atoms with Crippen molar-refractivity contribution in [1.82, 2.24) is 20.1 Å². The molecule has 2 aromatic rings. The summed E-state index contributed by atoms with van der Waals surface area (Å²) < 4.78 is 2.08. The standard InChI is InChI=1S/C17H20N6O/c1-12(16-22-19-11-23(16)15-7-2-3-8-15)20-17(24)21-14-6-4-5-13(9-14)10-18/h4-6,9,11-12,15H,2-3,7-8H2,1H3,(H2,20,21,24)/t12-/m1/s1. The summed E-state index contributed by atoms with van der Waals surface area (Å²) in [5.74, 6) is 0.767. The summed E-state index contributed by atoms with van der Waals surface area (Å²) in [6.07, 6.45) is 6.45. The fraction of sp³-hybridized carbons (Fsp3) is 0.412. The number of benzene rings is 1. The van der Waals surface area contributed by atoms with Gasteiger partial charge in [-0.1, -0.05) is 18.9 Å². The highest BCUT2D eigenvalue weighted by Crippen LogP contribution is 2.31. The van der Waals surface area contributed by atoms with Gasteiger partial charge in [-0.25, -0.2) is 4.79 Å². The number of carbonyl (C=O) groups excluding carboxylic acids is 1. The van der Waals surface area contributed by atoms with Crippen LogP contribution in [-0.4, -0.2) is 20.8 Å². The van der Waals surface area contributed by atoms with E-state index in [4.69, 9.17) is 5.26 Å². The third kappa shape index (κ3) is 3.54. The average Bonchev–Trinajstić information content (AvgIpc) is 3.25. The molecule has 2 amide bonds. The Hall–Kier alpha value is -2.88. The van der Waals surface area contributed by atoms with Crippen LogP contribution in [-0.2, 0) is 0 Å². The molecular weight excluding hydrogens is 304 g/mol. The fourth-order valence-electron chi connectivity index (χ4n) is 3.12. The summed E-state index contributed by atoms with van der Waals surface area (Å²) in [6.45, 7) is 1.89. The zero-order valence-electron chi connectivity index (χ0n) is 13.6. The molecule has 1 fully saturated rings. The van der Waals surface area contributed by atoms with Gasteiger partial charge in [0.15, 0.2) is 5.82 Å². The Bertz CT molecular complexity index is 756. The van der Waals surface area contributed by atoms with E-state index in [-0.39, 0.29) is 12.1 Å². The average molecular weight is 324 g/mol.